The van der Waals surface area contributed by atoms with E-state index in [1.54, 1.807) is 11.0 Å². The summed E-state index contributed by atoms with van der Waals surface area (Å²) in [6.07, 6.45) is 3.49. The van der Waals surface area contributed by atoms with E-state index < -0.39 is 0 Å². The molecular weight excluding hydrogens is 306 g/mol. The zero-order chi connectivity index (χ0) is 16.6. The topological polar surface area (TPSA) is 72.3 Å². The predicted octanol–water partition coefficient (Wildman–Crippen LogP) is 0.858. The number of carbonyl (C=O) groups is 1. The van der Waals surface area contributed by atoms with Crippen molar-refractivity contribution in [2.45, 2.75) is 19.0 Å². The Balaban J connectivity index is 1.56. The first-order chi connectivity index (χ1) is 11.8. The number of aryl methyl sites for hydroxylation is 1. The van der Waals surface area contributed by atoms with Crippen molar-refractivity contribution >= 4 is 5.91 Å². The summed E-state index contributed by atoms with van der Waals surface area (Å²) < 4.78 is 7.11. The fraction of sp³-hybridized carbons (Fsp3) is 0.471. The SMILES string of the molecule is O=C(CCn1cncn1)NC[C@@H](c1ccccc1)N1CCOCC1. The fourth-order valence-corrected chi connectivity index (χ4v) is 2.89. The average Bonchev–Trinajstić information content (AvgIpc) is 3.16. The van der Waals surface area contributed by atoms with Gasteiger partial charge < -0.3 is 10.1 Å². The van der Waals surface area contributed by atoms with Crippen LogP contribution in [0, 0.1) is 0 Å². The molecule has 0 unspecified atom stereocenters. The van der Waals surface area contributed by atoms with E-state index >= 15 is 0 Å². The molecule has 1 saturated heterocycles. The van der Waals surface area contributed by atoms with Crippen molar-refractivity contribution < 1.29 is 9.53 Å². The summed E-state index contributed by atoms with van der Waals surface area (Å²) in [5, 5.41) is 7.07. The van der Waals surface area contributed by atoms with E-state index in [0.29, 0.717) is 19.5 Å². The number of benzene rings is 1. The lowest BCUT2D eigenvalue weighted by atomic mass is 10.0. The van der Waals surface area contributed by atoms with E-state index in [1.165, 1.54) is 11.9 Å². The number of aromatic nitrogens is 3. The van der Waals surface area contributed by atoms with Crippen LogP contribution in [0.2, 0.25) is 0 Å². The largest absolute Gasteiger partial charge is 0.379 e. The van der Waals surface area contributed by atoms with Crippen LogP contribution in [0.15, 0.2) is 43.0 Å². The Morgan fingerprint density at radius 2 is 2.04 bits per heavy atom. The van der Waals surface area contributed by atoms with E-state index in [2.05, 4.69) is 32.4 Å². The van der Waals surface area contributed by atoms with Crippen molar-refractivity contribution in [1.82, 2.24) is 25.0 Å². The van der Waals surface area contributed by atoms with Crippen LogP contribution in [0.5, 0.6) is 0 Å². The van der Waals surface area contributed by atoms with Gasteiger partial charge in [0.05, 0.1) is 25.8 Å². The molecule has 1 atom stereocenters. The number of hydrogen-bond acceptors (Lipinski definition) is 5. The zero-order valence-corrected chi connectivity index (χ0v) is 13.7. The van der Waals surface area contributed by atoms with Crippen LogP contribution in [-0.4, -0.2) is 58.4 Å². The predicted molar refractivity (Wildman–Crippen MR) is 89.2 cm³/mol. The van der Waals surface area contributed by atoms with Gasteiger partial charge in [-0.25, -0.2) is 4.98 Å². The van der Waals surface area contributed by atoms with E-state index in [1.807, 2.05) is 18.2 Å². The Morgan fingerprint density at radius 1 is 1.25 bits per heavy atom. The molecule has 128 valence electrons. The highest BCUT2D eigenvalue weighted by Gasteiger charge is 2.22. The molecule has 1 aliphatic heterocycles. The minimum absolute atomic E-state index is 0.0275. The van der Waals surface area contributed by atoms with Crippen molar-refractivity contribution in [3.8, 4) is 0 Å². The van der Waals surface area contributed by atoms with Crippen LogP contribution in [-0.2, 0) is 16.1 Å². The molecule has 0 aliphatic carbocycles. The monoisotopic (exact) mass is 329 g/mol. The normalized spacial score (nSPS) is 16.7. The van der Waals surface area contributed by atoms with E-state index in [-0.39, 0.29) is 11.9 Å². The molecule has 7 heteroatoms. The summed E-state index contributed by atoms with van der Waals surface area (Å²) in [6, 6.07) is 10.5. The number of amides is 1. The molecule has 1 fully saturated rings. The fourth-order valence-electron chi connectivity index (χ4n) is 2.89. The molecule has 0 spiro atoms. The molecular formula is C17H23N5O2. The Hall–Kier alpha value is -2.25. The van der Waals surface area contributed by atoms with E-state index in [0.717, 1.165) is 26.3 Å². The zero-order valence-electron chi connectivity index (χ0n) is 13.7. The maximum absolute atomic E-state index is 12.1. The summed E-state index contributed by atoms with van der Waals surface area (Å²) >= 11 is 0. The van der Waals surface area contributed by atoms with Gasteiger partial charge in [0.25, 0.3) is 0 Å². The van der Waals surface area contributed by atoms with Gasteiger partial charge in [-0.05, 0) is 5.56 Å². The smallest absolute Gasteiger partial charge is 0.221 e. The number of carbonyl (C=O) groups excluding carboxylic acids is 1. The lowest BCUT2D eigenvalue weighted by molar-refractivity contribution is -0.121. The summed E-state index contributed by atoms with van der Waals surface area (Å²) in [5.74, 6) is 0.0275. The van der Waals surface area contributed by atoms with Gasteiger partial charge >= 0.3 is 0 Å². The van der Waals surface area contributed by atoms with E-state index in [9.17, 15) is 4.79 Å². The van der Waals surface area contributed by atoms with Gasteiger partial charge in [0, 0.05) is 26.1 Å². The van der Waals surface area contributed by atoms with Crippen molar-refractivity contribution in [1.29, 1.82) is 0 Å². The number of rotatable bonds is 7. The highest BCUT2D eigenvalue weighted by atomic mass is 16.5. The third kappa shape index (κ3) is 4.62. The summed E-state index contributed by atoms with van der Waals surface area (Å²) in [5.41, 5.74) is 1.22. The van der Waals surface area contributed by atoms with Crippen molar-refractivity contribution in [3.63, 3.8) is 0 Å². The molecule has 0 bridgehead atoms. The molecule has 1 aromatic carbocycles. The first-order valence-corrected chi connectivity index (χ1v) is 8.29. The number of ether oxygens (including phenoxy) is 1. The summed E-state index contributed by atoms with van der Waals surface area (Å²) in [7, 11) is 0. The Bertz CT molecular complexity index is 611. The molecule has 1 amide bonds. The van der Waals surface area contributed by atoms with Crippen molar-refractivity contribution in [2.24, 2.45) is 0 Å². The summed E-state index contributed by atoms with van der Waals surface area (Å²) in [4.78, 5) is 18.4. The lowest BCUT2D eigenvalue weighted by Gasteiger charge is -2.35. The van der Waals surface area contributed by atoms with Crippen LogP contribution in [0.1, 0.15) is 18.0 Å². The maximum atomic E-state index is 12.1. The van der Waals surface area contributed by atoms with Gasteiger partial charge in [-0.3, -0.25) is 14.4 Å². The Kier molecular flexibility index (Phi) is 5.92. The average molecular weight is 329 g/mol. The molecule has 0 saturated carbocycles. The molecule has 3 rings (SSSR count). The lowest BCUT2D eigenvalue weighted by Crippen LogP contribution is -2.43. The van der Waals surface area contributed by atoms with Gasteiger partial charge in [-0.15, -0.1) is 0 Å². The van der Waals surface area contributed by atoms with Crippen molar-refractivity contribution in [2.75, 3.05) is 32.8 Å². The second kappa shape index (κ2) is 8.56. The highest BCUT2D eigenvalue weighted by Crippen LogP contribution is 2.21. The number of morpholine rings is 1. The second-order valence-corrected chi connectivity index (χ2v) is 5.79. The number of nitrogens with one attached hydrogen (secondary N) is 1. The molecule has 1 N–H and O–H groups in total. The van der Waals surface area contributed by atoms with E-state index in [4.69, 9.17) is 4.74 Å². The first-order valence-electron chi connectivity index (χ1n) is 8.29. The Morgan fingerprint density at radius 3 is 2.75 bits per heavy atom. The molecule has 24 heavy (non-hydrogen) atoms. The van der Waals surface area contributed by atoms with Crippen molar-refractivity contribution in [3.05, 3.63) is 48.5 Å². The molecule has 1 aliphatic rings. The molecule has 1 aromatic heterocycles. The highest BCUT2D eigenvalue weighted by molar-refractivity contribution is 5.75. The molecule has 7 nitrogen and oxygen atoms in total. The Labute approximate surface area is 141 Å². The van der Waals surface area contributed by atoms with Crippen LogP contribution in [0.4, 0.5) is 0 Å². The summed E-state index contributed by atoms with van der Waals surface area (Å²) in [6.45, 7) is 4.38. The third-order valence-corrected chi connectivity index (χ3v) is 4.20. The first kappa shape index (κ1) is 16.6. The van der Waals surface area contributed by atoms with Crippen LogP contribution in [0.25, 0.3) is 0 Å². The van der Waals surface area contributed by atoms with Gasteiger partial charge in [0.2, 0.25) is 5.91 Å². The quantitative estimate of drug-likeness (QED) is 0.816. The van der Waals surface area contributed by atoms with Gasteiger partial charge in [-0.1, -0.05) is 30.3 Å². The van der Waals surface area contributed by atoms with Gasteiger partial charge in [-0.2, -0.15) is 5.10 Å². The maximum Gasteiger partial charge on any atom is 0.221 e. The van der Waals surface area contributed by atoms with Crippen LogP contribution >= 0.6 is 0 Å². The van der Waals surface area contributed by atoms with Crippen LogP contribution in [0.3, 0.4) is 0 Å². The minimum Gasteiger partial charge on any atom is -0.379 e. The standard InChI is InChI=1S/C17H23N5O2/c23-17(6-7-22-14-18-13-20-22)19-12-16(15-4-2-1-3-5-15)21-8-10-24-11-9-21/h1-5,13-14,16H,6-12H2,(H,19,23)/t16-/m0/s1. The molecule has 2 aromatic rings. The third-order valence-electron chi connectivity index (χ3n) is 4.20. The second-order valence-electron chi connectivity index (χ2n) is 5.79. The number of hydrogen-bond donors (Lipinski definition) is 1. The van der Waals surface area contributed by atoms with Crippen LogP contribution < -0.4 is 5.32 Å². The van der Waals surface area contributed by atoms with Gasteiger partial charge in [0.15, 0.2) is 0 Å². The van der Waals surface area contributed by atoms with Gasteiger partial charge in [0.1, 0.15) is 12.7 Å². The minimum atomic E-state index is 0.0275. The molecule has 0 radical (unpaired) electrons. The molecule has 2 heterocycles. The number of nitrogens with zero attached hydrogens (tertiary/aromatic N) is 4.